The van der Waals surface area contributed by atoms with E-state index < -0.39 is 0 Å². The van der Waals surface area contributed by atoms with Crippen molar-refractivity contribution in [2.75, 3.05) is 0 Å². The van der Waals surface area contributed by atoms with Gasteiger partial charge in [0.15, 0.2) is 0 Å². The molecule has 0 N–H and O–H groups in total. The van der Waals surface area contributed by atoms with Gasteiger partial charge in [0, 0.05) is 0 Å². The molecule has 0 atom stereocenters. The van der Waals surface area contributed by atoms with Gasteiger partial charge in [-0.3, -0.25) is 0 Å². The number of hydrogen-bond donors (Lipinski definition) is 0. The van der Waals surface area contributed by atoms with Crippen LogP contribution in [0.3, 0.4) is 0 Å². The Bertz CT molecular complexity index is 1340. The van der Waals surface area contributed by atoms with Crippen LogP contribution in [0.4, 0.5) is 0 Å². The molecular weight excluding hydrogens is 360 g/mol. The van der Waals surface area contributed by atoms with Gasteiger partial charge in [-0.15, -0.1) is 0 Å². The Morgan fingerprint density at radius 3 is 1.87 bits per heavy atom. The van der Waals surface area contributed by atoms with E-state index in [0.717, 1.165) is 0 Å². The number of rotatable bonds is 3. The van der Waals surface area contributed by atoms with E-state index in [4.69, 9.17) is 0 Å². The molecule has 0 saturated heterocycles. The maximum absolute atomic E-state index is 2.35. The molecule has 0 aliphatic heterocycles. The molecule has 0 bridgehead atoms. The highest BCUT2D eigenvalue weighted by Gasteiger charge is 2.13. The predicted octanol–water partition coefficient (Wildman–Crippen LogP) is 8.76. The molecule has 0 heterocycles. The van der Waals surface area contributed by atoms with Gasteiger partial charge in [-0.25, -0.2) is 0 Å². The number of fused-ring (bicyclic) bond motifs is 2. The molecule has 0 radical (unpaired) electrons. The minimum atomic E-state index is 0.540. The lowest BCUT2D eigenvalue weighted by Gasteiger charge is -2.16. The summed E-state index contributed by atoms with van der Waals surface area (Å²) in [6.45, 7) is 6.63. The summed E-state index contributed by atoms with van der Waals surface area (Å²) in [5.41, 5.74) is 7.80. The molecule has 0 heteroatoms. The minimum Gasteiger partial charge on any atom is -0.0616 e. The fourth-order valence-electron chi connectivity index (χ4n) is 4.33. The zero-order valence-corrected chi connectivity index (χ0v) is 17.8. The van der Waals surface area contributed by atoms with Gasteiger partial charge in [0.2, 0.25) is 0 Å². The average molecular weight is 387 g/mol. The number of aryl methyl sites for hydroxylation is 1. The Hall–Kier alpha value is -3.38. The quantitative estimate of drug-likeness (QED) is 0.272. The molecule has 5 aromatic carbocycles. The summed E-state index contributed by atoms with van der Waals surface area (Å²) in [7, 11) is 0. The molecule has 0 amide bonds. The van der Waals surface area contributed by atoms with Crippen LogP contribution in [0, 0.1) is 6.92 Å². The van der Waals surface area contributed by atoms with Gasteiger partial charge < -0.3 is 0 Å². The van der Waals surface area contributed by atoms with E-state index in [1.807, 2.05) is 0 Å². The molecular formula is C30H26. The van der Waals surface area contributed by atoms with Crippen LogP contribution in [0.5, 0.6) is 0 Å². The monoisotopic (exact) mass is 386 g/mol. The first kappa shape index (κ1) is 18.6. The molecule has 146 valence electrons. The molecule has 0 saturated carbocycles. The fourth-order valence-corrected chi connectivity index (χ4v) is 4.33. The third-order valence-corrected chi connectivity index (χ3v) is 6.11. The highest BCUT2D eigenvalue weighted by molar-refractivity contribution is 6.09. The second-order valence-corrected chi connectivity index (χ2v) is 8.55. The van der Waals surface area contributed by atoms with Crippen molar-refractivity contribution in [1.82, 2.24) is 0 Å². The Morgan fingerprint density at radius 2 is 1.20 bits per heavy atom. The summed E-state index contributed by atoms with van der Waals surface area (Å²) in [5.74, 6) is 0.540. The normalized spacial score (nSPS) is 11.5. The minimum absolute atomic E-state index is 0.540. The Morgan fingerprint density at radius 1 is 0.567 bits per heavy atom. The summed E-state index contributed by atoms with van der Waals surface area (Å²) < 4.78 is 0. The van der Waals surface area contributed by atoms with Crippen LogP contribution >= 0.6 is 0 Å². The fraction of sp³-hybridized carbons (Fsp3) is 0.133. The molecule has 0 aliphatic rings. The maximum atomic E-state index is 2.35. The first-order valence-electron chi connectivity index (χ1n) is 10.7. The summed E-state index contributed by atoms with van der Waals surface area (Å²) in [6.07, 6.45) is 0. The van der Waals surface area contributed by atoms with Crippen molar-refractivity contribution >= 4 is 21.5 Å². The van der Waals surface area contributed by atoms with Crippen LogP contribution in [0.15, 0.2) is 97.1 Å². The van der Waals surface area contributed by atoms with Gasteiger partial charge in [-0.05, 0) is 74.3 Å². The zero-order chi connectivity index (χ0) is 20.7. The molecule has 0 nitrogen and oxygen atoms in total. The second kappa shape index (κ2) is 7.46. The lowest BCUT2D eigenvalue weighted by molar-refractivity contribution is 0.867. The molecule has 5 aromatic rings. The number of hydrogen-bond acceptors (Lipinski definition) is 0. The summed E-state index contributed by atoms with van der Waals surface area (Å²) in [5, 5.41) is 5.16. The van der Waals surface area contributed by atoms with E-state index >= 15 is 0 Å². The molecule has 0 fully saturated rings. The lowest BCUT2D eigenvalue weighted by Crippen LogP contribution is -1.91. The van der Waals surface area contributed by atoms with Gasteiger partial charge >= 0.3 is 0 Å². The third-order valence-electron chi connectivity index (χ3n) is 6.11. The molecule has 0 unspecified atom stereocenters. The maximum Gasteiger partial charge on any atom is -0.00266 e. The van der Waals surface area contributed by atoms with Crippen molar-refractivity contribution in [1.29, 1.82) is 0 Å². The molecule has 30 heavy (non-hydrogen) atoms. The van der Waals surface area contributed by atoms with Crippen molar-refractivity contribution in [3.63, 3.8) is 0 Å². The van der Waals surface area contributed by atoms with Crippen LogP contribution in [-0.2, 0) is 0 Å². The van der Waals surface area contributed by atoms with Crippen LogP contribution in [0.2, 0.25) is 0 Å². The lowest BCUT2D eigenvalue weighted by atomic mass is 9.88. The van der Waals surface area contributed by atoms with Gasteiger partial charge in [-0.2, -0.15) is 0 Å². The van der Waals surface area contributed by atoms with Crippen LogP contribution in [0.1, 0.15) is 30.9 Å². The van der Waals surface area contributed by atoms with E-state index in [9.17, 15) is 0 Å². The standard InChI is InChI=1S/C30H26/c1-20(2)22-12-14-23(15-13-22)28-17-16-27-18-25-6-4-5-7-26(25)19-29(27)30(28)24-10-8-21(3)9-11-24/h4-20H,1-3H3. The van der Waals surface area contributed by atoms with E-state index in [1.54, 1.807) is 0 Å². The molecule has 0 spiro atoms. The van der Waals surface area contributed by atoms with Crippen molar-refractivity contribution in [3.05, 3.63) is 108 Å². The van der Waals surface area contributed by atoms with Crippen LogP contribution in [-0.4, -0.2) is 0 Å². The van der Waals surface area contributed by atoms with Gasteiger partial charge in [-0.1, -0.05) is 104 Å². The van der Waals surface area contributed by atoms with Gasteiger partial charge in [0.05, 0.1) is 0 Å². The zero-order valence-electron chi connectivity index (χ0n) is 17.8. The largest absolute Gasteiger partial charge is 0.0616 e. The molecule has 5 rings (SSSR count). The van der Waals surface area contributed by atoms with Crippen molar-refractivity contribution in [3.8, 4) is 22.3 Å². The van der Waals surface area contributed by atoms with E-state index in [-0.39, 0.29) is 0 Å². The Kier molecular flexibility index (Phi) is 4.64. The Labute approximate surface area is 178 Å². The molecule has 0 aromatic heterocycles. The van der Waals surface area contributed by atoms with Gasteiger partial charge in [0.25, 0.3) is 0 Å². The topological polar surface area (TPSA) is 0 Å². The van der Waals surface area contributed by atoms with Gasteiger partial charge in [0.1, 0.15) is 0 Å². The average Bonchev–Trinajstić information content (AvgIpc) is 2.77. The van der Waals surface area contributed by atoms with Crippen molar-refractivity contribution in [2.45, 2.75) is 26.7 Å². The number of benzene rings is 5. The van der Waals surface area contributed by atoms with E-state index in [1.165, 1.54) is 54.9 Å². The van der Waals surface area contributed by atoms with Crippen LogP contribution in [0.25, 0.3) is 43.8 Å². The van der Waals surface area contributed by atoms with E-state index in [0.29, 0.717) is 5.92 Å². The highest BCUT2D eigenvalue weighted by atomic mass is 14.2. The SMILES string of the molecule is Cc1ccc(-c2c(-c3ccc(C(C)C)cc3)ccc3cc4ccccc4cc23)cc1. The Balaban J connectivity index is 1.82. The third kappa shape index (κ3) is 3.29. The predicted molar refractivity (Wildman–Crippen MR) is 131 cm³/mol. The molecule has 0 aliphatic carbocycles. The smallest absolute Gasteiger partial charge is 0.00266 e. The van der Waals surface area contributed by atoms with Crippen molar-refractivity contribution in [2.24, 2.45) is 0 Å². The highest BCUT2D eigenvalue weighted by Crippen LogP contribution is 2.40. The van der Waals surface area contributed by atoms with Crippen molar-refractivity contribution < 1.29 is 0 Å². The summed E-state index contributed by atoms with van der Waals surface area (Å²) in [6, 6.07) is 35.9. The summed E-state index contributed by atoms with van der Waals surface area (Å²) >= 11 is 0. The summed E-state index contributed by atoms with van der Waals surface area (Å²) in [4.78, 5) is 0. The first-order valence-corrected chi connectivity index (χ1v) is 10.7. The van der Waals surface area contributed by atoms with Crippen LogP contribution < -0.4 is 0 Å². The van der Waals surface area contributed by atoms with E-state index in [2.05, 4.69) is 118 Å². The second-order valence-electron chi connectivity index (χ2n) is 8.55. The first-order chi connectivity index (χ1) is 14.6.